The van der Waals surface area contributed by atoms with E-state index in [0.29, 0.717) is 5.69 Å². The predicted octanol–water partition coefficient (Wildman–Crippen LogP) is 1.28. The van der Waals surface area contributed by atoms with E-state index in [4.69, 9.17) is 4.74 Å². The van der Waals surface area contributed by atoms with Crippen LogP contribution in [0.25, 0.3) is 0 Å². The van der Waals surface area contributed by atoms with E-state index in [2.05, 4.69) is 4.98 Å². The van der Waals surface area contributed by atoms with Crippen molar-refractivity contribution in [3.63, 3.8) is 0 Å². The monoisotopic (exact) mass is 394 g/mol. The molecular weight excluding hydrogens is 379 g/mol. The van der Waals surface area contributed by atoms with Crippen LogP contribution in [0.2, 0.25) is 0 Å². The Morgan fingerprint density at radius 3 is 2.41 bits per heavy atom. The lowest BCUT2D eigenvalue weighted by Gasteiger charge is -2.13. The molecule has 0 fully saturated rings. The smallest absolute Gasteiger partial charge is 0.303 e. The van der Waals surface area contributed by atoms with Crippen LogP contribution in [-0.4, -0.2) is 31.6 Å². The molecule has 0 saturated heterocycles. The van der Waals surface area contributed by atoms with E-state index in [-0.39, 0.29) is 24.0 Å². The molecule has 142 valence electrons. The SMILES string of the molecule is CC(=O)OCc1ccc(C(=O)NS(=O)(=O)C(C=O)c2ccc(F)cc2)cn1. The van der Waals surface area contributed by atoms with E-state index in [1.807, 2.05) is 0 Å². The minimum absolute atomic E-state index is 0.0153. The third kappa shape index (κ3) is 5.42. The molecule has 10 heteroatoms. The zero-order valence-corrected chi connectivity index (χ0v) is 14.9. The molecule has 0 spiro atoms. The van der Waals surface area contributed by atoms with E-state index in [1.54, 1.807) is 4.72 Å². The number of pyridine rings is 1. The molecule has 0 aliphatic heterocycles. The van der Waals surface area contributed by atoms with E-state index in [0.717, 1.165) is 30.5 Å². The quantitative estimate of drug-likeness (QED) is 0.555. The summed E-state index contributed by atoms with van der Waals surface area (Å²) in [7, 11) is -4.40. The molecule has 1 aromatic carbocycles. The number of hydrogen-bond donors (Lipinski definition) is 1. The number of sulfonamides is 1. The highest BCUT2D eigenvalue weighted by atomic mass is 32.2. The van der Waals surface area contributed by atoms with Crippen LogP contribution in [0.15, 0.2) is 42.6 Å². The highest BCUT2D eigenvalue weighted by molar-refractivity contribution is 7.91. The Bertz CT molecular complexity index is 942. The van der Waals surface area contributed by atoms with Crippen molar-refractivity contribution < 1.29 is 31.9 Å². The molecule has 0 bridgehead atoms. The molecule has 0 aliphatic rings. The molecule has 0 aliphatic carbocycles. The van der Waals surface area contributed by atoms with E-state index in [9.17, 15) is 27.2 Å². The van der Waals surface area contributed by atoms with Crippen molar-refractivity contribution in [1.29, 1.82) is 0 Å². The van der Waals surface area contributed by atoms with Gasteiger partial charge in [-0.3, -0.25) is 14.6 Å². The Hall–Kier alpha value is -3.14. The molecule has 0 radical (unpaired) electrons. The summed E-state index contributed by atoms with van der Waals surface area (Å²) in [6, 6.07) is 6.99. The molecule has 2 rings (SSSR count). The number of nitrogens with zero attached hydrogens (tertiary/aromatic N) is 1. The number of nitrogens with one attached hydrogen (secondary N) is 1. The minimum atomic E-state index is -4.40. The summed E-state index contributed by atoms with van der Waals surface area (Å²) in [6.45, 7) is 1.14. The Kier molecular flexibility index (Phi) is 6.35. The molecule has 0 saturated carbocycles. The van der Waals surface area contributed by atoms with Gasteiger partial charge in [-0.1, -0.05) is 12.1 Å². The summed E-state index contributed by atoms with van der Waals surface area (Å²) in [5.74, 6) is -2.08. The zero-order valence-electron chi connectivity index (χ0n) is 14.1. The minimum Gasteiger partial charge on any atom is -0.459 e. The summed E-state index contributed by atoms with van der Waals surface area (Å²) >= 11 is 0. The molecule has 1 N–H and O–H groups in total. The Morgan fingerprint density at radius 2 is 1.89 bits per heavy atom. The van der Waals surface area contributed by atoms with Crippen LogP contribution in [0.5, 0.6) is 0 Å². The number of amides is 1. The molecule has 27 heavy (non-hydrogen) atoms. The lowest BCUT2D eigenvalue weighted by Crippen LogP contribution is -2.35. The number of aromatic nitrogens is 1. The van der Waals surface area contributed by atoms with Crippen LogP contribution in [0.3, 0.4) is 0 Å². The van der Waals surface area contributed by atoms with E-state index in [1.165, 1.54) is 19.1 Å². The predicted molar refractivity (Wildman–Crippen MR) is 91.3 cm³/mol. The average Bonchev–Trinajstić information content (AvgIpc) is 2.62. The average molecular weight is 394 g/mol. The third-order valence-corrected chi connectivity index (χ3v) is 4.92. The number of carbonyl (C=O) groups excluding carboxylic acids is 3. The number of rotatable bonds is 7. The summed E-state index contributed by atoms with van der Waals surface area (Å²) < 4.78 is 44.2. The number of ether oxygens (including phenoxy) is 1. The molecule has 8 nitrogen and oxygen atoms in total. The van der Waals surface area contributed by atoms with Gasteiger partial charge in [0.1, 0.15) is 18.7 Å². The Morgan fingerprint density at radius 1 is 1.22 bits per heavy atom. The fourth-order valence-electron chi connectivity index (χ4n) is 2.05. The van der Waals surface area contributed by atoms with Crippen molar-refractivity contribution in [3.05, 3.63) is 65.2 Å². The van der Waals surface area contributed by atoms with Gasteiger partial charge in [0.2, 0.25) is 10.0 Å². The largest absolute Gasteiger partial charge is 0.459 e. The van der Waals surface area contributed by atoms with Gasteiger partial charge < -0.3 is 9.53 Å². The number of carbonyl (C=O) groups is 3. The van der Waals surface area contributed by atoms with Gasteiger partial charge in [-0.05, 0) is 29.8 Å². The number of halogens is 1. The second kappa shape index (κ2) is 8.49. The van der Waals surface area contributed by atoms with Gasteiger partial charge in [-0.2, -0.15) is 0 Å². The van der Waals surface area contributed by atoms with Gasteiger partial charge >= 0.3 is 5.97 Å². The molecule has 1 amide bonds. The molecule has 1 atom stereocenters. The highest BCUT2D eigenvalue weighted by Gasteiger charge is 2.29. The van der Waals surface area contributed by atoms with Gasteiger partial charge in [-0.25, -0.2) is 17.5 Å². The standard InChI is InChI=1S/C17H15FN2O6S/c1-11(22)26-10-15-7-4-13(8-19-15)17(23)20-27(24,25)16(9-21)12-2-5-14(18)6-3-12/h2-9,16H,10H2,1H3,(H,20,23). The van der Waals surface area contributed by atoms with Crippen LogP contribution in [0.4, 0.5) is 4.39 Å². The van der Waals surface area contributed by atoms with Crippen LogP contribution >= 0.6 is 0 Å². The first-order valence-electron chi connectivity index (χ1n) is 7.58. The second-order valence-electron chi connectivity index (χ2n) is 5.40. The van der Waals surface area contributed by atoms with Crippen molar-refractivity contribution in [3.8, 4) is 0 Å². The third-order valence-electron chi connectivity index (χ3n) is 3.40. The van der Waals surface area contributed by atoms with Crippen molar-refractivity contribution in [1.82, 2.24) is 9.71 Å². The number of esters is 1. The second-order valence-corrected chi connectivity index (χ2v) is 7.20. The van der Waals surface area contributed by atoms with E-state index < -0.39 is 33.0 Å². The van der Waals surface area contributed by atoms with Crippen molar-refractivity contribution >= 4 is 28.2 Å². The number of benzene rings is 1. The first-order chi connectivity index (χ1) is 12.7. The normalized spacial score (nSPS) is 12.1. The Labute approximate surface area is 154 Å². The fraction of sp³-hybridized carbons (Fsp3) is 0.176. The molecule has 1 aromatic heterocycles. The maximum atomic E-state index is 13.0. The maximum Gasteiger partial charge on any atom is 0.303 e. The topological polar surface area (TPSA) is 119 Å². The summed E-state index contributed by atoms with van der Waals surface area (Å²) in [5, 5.41) is -1.68. The summed E-state index contributed by atoms with van der Waals surface area (Å²) in [5.41, 5.74) is 0.303. The first kappa shape index (κ1) is 20.2. The van der Waals surface area contributed by atoms with Gasteiger partial charge in [-0.15, -0.1) is 0 Å². The number of aldehydes is 1. The van der Waals surface area contributed by atoms with Gasteiger partial charge in [0.15, 0.2) is 5.25 Å². The summed E-state index contributed by atoms with van der Waals surface area (Å²) in [4.78, 5) is 38.0. The van der Waals surface area contributed by atoms with E-state index >= 15 is 0 Å². The number of hydrogen-bond acceptors (Lipinski definition) is 7. The van der Waals surface area contributed by atoms with Crippen LogP contribution < -0.4 is 4.72 Å². The highest BCUT2D eigenvalue weighted by Crippen LogP contribution is 2.20. The van der Waals surface area contributed by atoms with Gasteiger partial charge in [0.25, 0.3) is 5.91 Å². The molecular formula is C17H15FN2O6S. The van der Waals surface area contributed by atoms with Gasteiger partial charge in [0, 0.05) is 13.1 Å². The van der Waals surface area contributed by atoms with Crippen molar-refractivity contribution in [2.45, 2.75) is 18.8 Å². The molecule has 1 heterocycles. The van der Waals surface area contributed by atoms with Crippen LogP contribution in [0, 0.1) is 5.82 Å². The Balaban J connectivity index is 2.13. The van der Waals surface area contributed by atoms with Crippen LogP contribution in [-0.2, 0) is 31.0 Å². The lowest BCUT2D eigenvalue weighted by atomic mass is 10.2. The maximum absolute atomic E-state index is 13.0. The first-order valence-corrected chi connectivity index (χ1v) is 9.12. The summed E-state index contributed by atoms with van der Waals surface area (Å²) in [6.07, 6.45) is 1.25. The zero-order chi connectivity index (χ0) is 20.0. The molecule has 2 aromatic rings. The van der Waals surface area contributed by atoms with Crippen molar-refractivity contribution in [2.24, 2.45) is 0 Å². The van der Waals surface area contributed by atoms with Gasteiger partial charge in [0.05, 0.1) is 11.3 Å². The van der Waals surface area contributed by atoms with Crippen molar-refractivity contribution in [2.75, 3.05) is 0 Å². The van der Waals surface area contributed by atoms with Crippen LogP contribution in [0.1, 0.15) is 33.8 Å². The molecule has 1 unspecified atom stereocenters. The lowest BCUT2D eigenvalue weighted by molar-refractivity contribution is -0.142. The fourth-order valence-corrected chi connectivity index (χ4v) is 3.22.